The molecule has 3 fully saturated rings. The Hall–Kier alpha value is -6.40. The van der Waals surface area contributed by atoms with E-state index in [1.54, 1.807) is 0 Å². The van der Waals surface area contributed by atoms with E-state index in [1.165, 1.54) is 44.5 Å². The molecule has 0 saturated carbocycles. The lowest BCUT2D eigenvalue weighted by molar-refractivity contribution is 0.00578. The van der Waals surface area contributed by atoms with Crippen LogP contribution in [0.2, 0.25) is 5.02 Å². The fourth-order valence-electron chi connectivity index (χ4n) is 10.2. The van der Waals surface area contributed by atoms with Crippen molar-refractivity contribution in [1.82, 2.24) is 0 Å². The van der Waals surface area contributed by atoms with Crippen LogP contribution >= 0.6 is 11.6 Å². The van der Waals surface area contributed by atoms with Gasteiger partial charge in [-0.1, -0.05) is 157 Å². The SMILES string of the molecule is CC1(C)OB(B2OC(C)(C)C(C)(C)O2)OC1(C)C.CC1(C)OB(c2ccc3c(c2)oc2cccc(-c4ccc(-c5ccccc5)cc4)c23)OC1(C)C.Clc1ccc2c(c1)oc1cccc(-c3ccc(-c4ccccc4)cc3)c12.[HH]. The molecule has 3 aliphatic heterocycles. The standard InChI is InChI=1S/C30H27BO3.C24H15ClO.C12H24B2O4.H2/c1-29(2)30(3,4)34-31(33-29)23-17-18-25-27(19-23)32-26-12-8-11-24(28(25)26)22-15-13-21(14-16-22)20-9-6-5-7-10-20;25-19-13-14-21-23(15-19)26-22-8-4-7-20(24(21)22)18-11-9-17(10-12-18)16-5-2-1-3-6-16;1-9(2)10(3,4)16-13(15-9)14-17-11(5,6)12(7,8)18-14;/h5-19H,1-4H3;1-15H;1-8H3;1H. The second-order valence-corrected chi connectivity index (χ2v) is 24.1. The fourth-order valence-corrected chi connectivity index (χ4v) is 10.4. The van der Waals surface area contributed by atoms with E-state index in [9.17, 15) is 0 Å². The van der Waals surface area contributed by atoms with Crippen molar-refractivity contribution in [2.45, 2.75) is 117 Å². The number of hydrogen-bond donors (Lipinski definition) is 0. The lowest BCUT2D eigenvalue weighted by atomic mass is 9.49. The minimum atomic E-state index is -0.476. The molecule has 0 unspecified atom stereocenters. The van der Waals surface area contributed by atoms with Gasteiger partial charge in [0.1, 0.15) is 22.3 Å². The van der Waals surface area contributed by atoms with Crippen LogP contribution in [-0.2, 0) is 27.9 Å². The molecular weight excluding hydrogens is 989 g/mol. The lowest BCUT2D eigenvalue weighted by Gasteiger charge is -2.32. The molecule has 0 amide bonds. The number of rotatable bonds is 6. The second kappa shape index (κ2) is 20.1. The van der Waals surface area contributed by atoms with Crippen molar-refractivity contribution in [3.63, 3.8) is 0 Å². The summed E-state index contributed by atoms with van der Waals surface area (Å²) in [6.07, 6.45) is 0. The van der Waals surface area contributed by atoms with Gasteiger partial charge in [0, 0.05) is 34.1 Å². The van der Waals surface area contributed by atoms with Gasteiger partial charge in [-0.3, -0.25) is 0 Å². The van der Waals surface area contributed by atoms with Gasteiger partial charge in [-0.2, -0.15) is 0 Å². The maximum atomic E-state index is 6.30. The highest BCUT2D eigenvalue weighted by Crippen LogP contribution is 2.44. The highest BCUT2D eigenvalue weighted by molar-refractivity contribution is 7.11. The third-order valence-corrected chi connectivity index (χ3v) is 17.1. The van der Waals surface area contributed by atoms with Gasteiger partial charge in [0.25, 0.3) is 0 Å². The van der Waals surface area contributed by atoms with Gasteiger partial charge < -0.3 is 36.8 Å². The largest absolute Gasteiger partial charge is 0.494 e. The first-order valence-corrected chi connectivity index (χ1v) is 27.3. The molecule has 8 aromatic carbocycles. The highest BCUT2D eigenvalue weighted by atomic mass is 35.5. The normalized spacial score (nSPS) is 18.6. The number of fused-ring (bicyclic) bond motifs is 6. The fraction of sp³-hybridized carbons (Fsp3) is 0.273. The van der Waals surface area contributed by atoms with Crippen LogP contribution in [-0.4, -0.2) is 54.7 Å². The summed E-state index contributed by atoms with van der Waals surface area (Å²) in [4.78, 5) is 0. The van der Waals surface area contributed by atoms with Crippen molar-refractivity contribution in [3.05, 3.63) is 187 Å². The highest BCUT2D eigenvalue weighted by Gasteiger charge is 2.63. The molecule has 12 heteroatoms. The molecule has 396 valence electrons. The maximum Gasteiger partial charge on any atom is 0.494 e. The van der Waals surface area contributed by atoms with Gasteiger partial charge >= 0.3 is 21.1 Å². The minimum Gasteiger partial charge on any atom is -0.456 e. The Morgan fingerprint density at radius 3 is 1.08 bits per heavy atom. The predicted molar refractivity (Wildman–Crippen MR) is 324 cm³/mol. The van der Waals surface area contributed by atoms with Crippen molar-refractivity contribution >= 4 is 82.1 Å². The van der Waals surface area contributed by atoms with Gasteiger partial charge in [0.2, 0.25) is 0 Å². The van der Waals surface area contributed by atoms with Gasteiger partial charge in [-0.25, -0.2) is 0 Å². The van der Waals surface area contributed by atoms with Crippen LogP contribution in [0, 0.1) is 0 Å². The maximum absolute atomic E-state index is 6.30. The van der Waals surface area contributed by atoms with E-state index in [-0.39, 0.29) is 35.0 Å². The van der Waals surface area contributed by atoms with Crippen molar-refractivity contribution in [1.29, 1.82) is 0 Å². The molecule has 0 bridgehead atoms. The molecule has 2 aromatic heterocycles. The Balaban J connectivity index is 0.000000140. The Morgan fingerprint density at radius 1 is 0.321 bits per heavy atom. The number of benzene rings is 8. The van der Waals surface area contributed by atoms with Crippen LogP contribution in [0.4, 0.5) is 0 Å². The van der Waals surface area contributed by atoms with Gasteiger partial charge in [0.05, 0.1) is 33.6 Å². The van der Waals surface area contributed by atoms with Crippen LogP contribution in [0.1, 0.15) is 84.5 Å². The molecule has 3 aliphatic rings. The quantitative estimate of drug-likeness (QED) is 0.152. The molecular formula is C66H68B3ClO8. The van der Waals surface area contributed by atoms with Crippen molar-refractivity contribution in [2.75, 3.05) is 0 Å². The molecule has 0 aliphatic carbocycles. The molecule has 78 heavy (non-hydrogen) atoms. The van der Waals surface area contributed by atoms with Gasteiger partial charge in [-0.05, 0) is 163 Å². The summed E-state index contributed by atoms with van der Waals surface area (Å²) in [5.41, 5.74) is 11.7. The van der Waals surface area contributed by atoms with Crippen LogP contribution in [0.3, 0.4) is 0 Å². The van der Waals surface area contributed by atoms with E-state index in [2.05, 4.69) is 161 Å². The zero-order chi connectivity index (χ0) is 55.0. The monoisotopic (exact) mass is 1060 g/mol. The molecule has 10 aromatic rings. The zero-order valence-electron chi connectivity index (χ0n) is 46.7. The Labute approximate surface area is 466 Å². The third kappa shape index (κ3) is 10.0. The molecule has 5 heterocycles. The van der Waals surface area contributed by atoms with E-state index in [0.29, 0.717) is 5.02 Å². The van der Waals surface area contributed by atoms with Crippen LogP contribution in [0.15, 0.2) is 191 Å². The van der Waals surface area contributed by atoms with E-state index in [4.69, 9.17) is 48.4 Å². The first-order valence-electron chi connectivity index (χ1n) is 26.9. The number of hydrogen-bond acceptors (Lipinski definition) is 8. The molecule has 13 rings (SSSR count). The van der Waals surface area contributed by atoms with Crippen molar-refractivity contribution in [2.24, 2.45) is 0 Å². The summed E-state index contributed by atoms with van der Waals surface area (Å²) in [5, 5.41) is 5.13. The zero-order valence-corrected chi connectivity index (χ0v) is 47.5. The average Bonchev–Trinajstić information content (AvgIpc) is 4.23. The lowest BCUT2D eigenvalue weighted by Crippen LogP contribution is -2.41. The second-order valence-electron chi connectivity index (χ2n) is 23.7. The first-order chi connectivity index (χ1) is 37.0. The van der Waals surface area contributed by atoms with Crippen LogP contribution in [0.5, 0.6) is 0 Å². The van der Waals surface area contributed by atoms with Gasteiger partial charge in [0.15, 0.2) is 0 Å². The summed E-state index contributed by atoms with van der Waals surface area (Å²) in [5.74, 6) is 0. The molecule has 0 radical (unpaired) electrons. The number of halogens is 1. The molecule has 0 N–H and O–H groups in total. The Bertz CT molecular complexity index is 3720. The molecule has 3 saturated heterocycles. The van der Waals surface area contributed by atoms with Crippen LogP contribution < -0.4 is 5.46 Å². The van der Waals surface area contributed by atoms with E-state index >= 15 is 0 Å². The predicted octanol–water partition coefficient (Wildman–Crippen LogP) is 17.3. The first kappa shape index (κ1) is 53.6. The summed E-state index contributed by atoms with van der Waals surface area (Å²) < 4.78 is 48.7. The van der Waals surface area contributed by atoms with Crippen molar-refractivity contribution in [3.8, 4) is 44.5 Å². The Kier molecular flexibility index (Phi) is 13.8. The Morgan fingerprint density at radius 2 is 0.667 bits per heavy atom. The number of furan rings is 2. The smallest absolute Gasteiger partial charge is 0.456 e. The van der Waals surface area contributed by atoms with Gasteiger partial charge in [-0.15, -0.1) is 0 Å². The third-order valence-electron chi connectivity index (χ3n) is 16.9. The molecule has 8 nitrogen and oxygen atoms in total. The van der Waals surface area contributed by atoms with E-state index in [1.807, 2.05) is 104 Å². The van der Waals surface area contributed by atoms with Crippen molar-refractivity contribution < 1.29 is 38.2 Å². The minimum absolute atomic E-state index is 0. The molecule has 0 spiro atoms. The van der Waals surface area contributed by atoms with E-state index in [0.717, 1.165) is 49.3 Å². The van der Waals surface area contributed by atoms with E-state index < -0.39 is 21.1 Å². The summed E-state index contributed by atoms with van der Waals surface area (Å²) in [7, 11) is -1.36. The van der Waals surface area contributed by atoms with Crippen LogP contribution in [0.25, 0.3) is 88.4 Å². The summed E-state index contributed by atoms with van der Waals surface area (Å²) >= 11 is 6.12. The average molecular weight is 1060 g/mol. The molecule has 0 atom stereocenters. The summed E-state index contributed by atoms with van der Waals surface area (Å²) in [6, 6.07) is 62.8. The topological polar surface area (TPSA) is 81.7 Å². The summed E-state index contributed by atoms with van der Waals surface area (Å²) in [6.45, 7) is 24.5.